The number of hydrogen-bond donors (Lipinski definition) is 2. The number of H-pyrrole nitrogens is 1. The zero-order valence-electron chi connectivity index (χ0n) is 9.32. The first kappa shape index (κ1) is 11.0. The van der Waals surface area contributed by atoms with Crippen molar-refractivity contribution in [1.29, 1.82) is 0 Å². The van der Waals surface area contributed by atoms with Crippen molar-refractivity contribution in [3.8, 4) is 0 Å². The number of aromatic amines is 1. The van der Waals surface area contributed by atoms with Crippen LogP contribution in [-0.2, 0) is 6.42 Å². The average molecular weight is 238 g/mol. The molecule has 0 aromatic carbocycles. The second-order valence-electron chi connectivity index (χ2n) is 3.41. The van der Waals surface area contributed by atoms with Gasteiger partial charge in [0.05, 0.1) is 0 Å². The zero-order valence-corrected chi connectivity index (χ0v) is 10.1. The van der Waals surface area contributed by atoms with E-state index in [-0.39, 0.29) is 0 Å². The summed E-state index contributed by atoms with van der Waals surface area (Å²) >= 11 is 5.14. The largest absolute Gasteiger partial charge is 0.354 e. The van der Waals surface area contributed by atoms with E-state index in [1.165, 1.54) is 0 Å². The smallest absolute Gasteiger partial charge is 0.258 e. The van der Waals surface area contributed by atoms with E-state index in [0.717, 1.165) is 25.2 Å². The summed E-state index contributed by atoms with van der Waals surface area (Å²) in [6.07, 6.45) is 1.86. The minimum atomic E-state index is 0.543. The summed E-state index contributed by atoms with van der Waals surface area (Å²) in [7, 11) is 0. The molecule has 2 heterocycles. The molecule has 2 aromatic heterocycles. The number of fused-ring (bicyclic) bond motifs is 1. The number of hydrogen-bond acceptors (Lipinski definition) is 5. The number of nitrogens with zero attached hydrogens (tertiary/aromatic N) is 4. The SMILES string of the molecule is CCCc1nc(NCC)nc2n[nH]c(=S)n12. The molecule has 0 amide bonds. The third kappa shape index (κ3) is 1.90. The van der Waals surface area contributed by atoms with Crippen molar-refractivity contribution in [1.82, 2.24) is 24.6 Å². The second-order valence-corrected chi connectivity index (χ2v) is 3.79. The Morgan fingerprint density at radius 3 is 2.88 bits per heavy atom. The van der Waals surface area contributed by atoms with Crippen LogP contribution in [0.25, 0.3) is 5.78 Å². The van der Waals surface area contributed by atoms with Crippen molar-refractivity contribution in [2.45, 2.75) is 26.7 Å². The standard InChI is InChI=1S/C9H14N6S/c1-3-5-6-11-7(10-4-2)12-8-13-14-9(16)15(6)8/h3-5H2,1-2H3,(H,14,16)(H,10,12,13). The van der Waals surface area contributed by atoms with Gasteiger partial charge in [0, 0.05) is 13.0 Å². The molecule has 7 heteroatoms. The Bertz CT molecular complexity index is 542. The molecule has 2 N–H and O–H groups in total. The number of nitrogens with one attached hydrogen (secondary N) is 2. The molecule has 0 spiro atoms. The maximum absolute atomic E-state index is 5.14. The van der Waals surface area contributed by atoms with Gasteiger partial charge in [-0.2, -0.15) is 9.97 Å². The summed E-state index contributed by atoms with van der Waals surface area (Å²) in [5.41, 5.74) is 0. The molecule has 0 unspecified atom stereocenters. The van der Waals surface area contributed by atoms with E-state index in [1.54, 1.807) is 4.40 Å². The van der Waals surface area contributed by atoms with Crippen LogP contribution in [0.5, 0.6) is 0 Å². The van der Waals surface area contributed by atoms with Crippen LogP contribution in [0.3, 0.4) is 0 Å². The average Bonchev–Trinajstić information content (AvgIpc) is 2.61. The Kier molecular flexibility index (Phi) is 3.14. The molecule has 0 fully saturated rings. The summed E-state index contributed by atoms with van der Waals surface area (Å²) < 4.78 is 2.32. The number of aromatic nitrogens is 5. The Labute approximate surface area is 98.1 Å². The van der Waals surface area contributed by atoms with Crippen LogP contribution in [-0.4, -0.2) is 31.1 Å². The lowest BCUT2D eigenvalue weighted by atomic mass is 10.3. The Hall–Kier alpha value is -1.50. The third-order valence-electron chi connectivity index (χ3n) is 2.16. The Balaban J connectivity index is 2.61. The van der Waals surface area contributed by atoms with Crippen LogP contribution in [0.4, 0.5) is 5.95 Å². The van der Waals surface area contributed by atoms with Gasteiger partial charge in [0.1, 0.15) is 5.82 Å². The molecular formula is C9H14N6S. The van der Waals surface area contributed by atoms with E-state index < -0.39 is 0 Å². The number of anilines is 1. The first-order valence-electron chi connectivity index (χ1n) is 5.34. The molecule has 16 heavy (non-hydrogen) atoms. The van der Waals surface area contributed by atoms with Gasteiger partial charge in [-0.25, -0.2) is 9.50 Å². The lowest BCUT2D eigenvalue weighted by molar-refractivity contribution is 0.791. The highest BCUT2D eigenvalue weighted by Crippen LogP contribution is 2.08. The van der Waals surface area contributed by atoms with Crippen molar-refractivity contribution in [2.24, 2.45) is 0 Å². The molecule has 0 saturated carbocycles. The molecule has 0 atom stereocenters. The summed E-state index contributed by atoms with van der Waals surface area (Å²) in [4.78, 5) is 8.69. The van der Waals surface area contributed by atoms with Crippen molar-refractivity contribution >= 4 is 23.9 Å². The molecule has 0 aliphatic carbocycles. The lowest BCUT2D eigenvalue weighted by Crippen LogP contribution is -2.09. The van der Waals surface area contributed by atoms with Crippen LogP contribution >= 0.6 is 12.2 Å². The molecule has 2 rings (SSSR count). The fraction of sp³-hybridized carbons (Fsp3) is 0.556. The van der Waals surface area contributed by atoms with Gasteiger partial charge in [-0.1, -0.05) is 6.92 Å². The van der Waals surface area contributed by atoms with Crippen LogP contribution < -0.4 is 5.32 Å². The van der Waals surface area contributed by atoms with Gasteiger partial charge < -0.3 is 5.32 Å². The fourth-order valence-corrected chi connectivity index (χ4v) is 1.75. The Morgan fingerprint density at radius 2 is 2.19 bits per heavy atom. The van der Waals surface area contributed by atoms with Gasteiger partial charge in [-0.15, -0.1) is 5.10 Å². The molecule has 86 valence electrons. The summed E-state index contributed by atoms with van der Waals surface area (Å²) in [5.74, 6) is 2.06. The van der Waals surface area contributed by atoms with E-state index >= 15 is 0 Å². The molecule has 0 saturated heterocycles. The lowest BCUT2D eigenvalue weighted by Gasteiger charge is -2.05. The highest BCUT2D eigenvalue weighted by molar-refractivity contribution is 7.71. The first-order valence-corrected chi connectivity index (χ1v) is 5.75. The number of rotatable bonds is 4. The maximum atomic E-state index is 5.14. The summed E-state index contributed by atoms with van der Waals surface area (Å²) in [6.45, 7) is 4.89. The van der Waals surface area contributed by atoms with Crippen molar-refractivity contribution in [2.75, 3.05) is 11.9 Å². The predicted molar refractivity (Wildman–Crippen MR) is 64.1 cm³/mol. The molecule has 2 aromatic rings. The van der Waals surface area contributed by atoms with Gasteiger partial charge in [0.15, 0.2) is 0 Å². The molecule has 0 aliphatic heterocycles. The van der Waals surface area contributed by atoms with E-state index in [9.17, 15) is 0 Å². The van der Waals surface area contributed by atoms with Gasteiger partial charge in [0.2, 0.25) is 10.7 Å². The van der Waals surface area contributed by atoms with Gasteiger partial charge in [-0.3, -0.25) is 0 Å². The Morgan fingerprint density at radius 1 is 1.38 bits per heavy atom. The van der Waals surface area contributed by atoms with E-state index in [1.807, 2.05) is 6.92 Å². The predicted octanol–water partition coefficient (Wildman–Crippen LogP) is 1.57. The van der Waals surface area contributed by atoms with Crippen LogP contribution in [0.15, 0.2) is 0 Å². The fourth-order valence-electron chi connectivity index (χ4n) is 1.52. The molecular weight excluding hydrogens is 224 g/mol. The highest BCUT2D eigenvalue weighted by atomic mass is 32.1. The molecule has 0 aliphatic rings. The normalized spacial score (nSPS) is 10.9. The van der Waals surface area contributed by atoms with E-state index in [4.69, 9.17) is 12.2 Å². The van der Waals surface area contributed by atoms with Gasteiger partial charge >= 0.3 is 0 Å². The molecule has 0 bridgehead atoms. The summed E-state index contributed by atoms with van der Waals surface area (Å²) in [6, 6.07) is 0. The quantitative estimate of drug-likeness (QED) is 0.791. The number of aryl methyl sites for hydroxylation is 1. The third-order valence-corrected chi connectivity index (χ3v) is 2.44. The molecule has 6 nitrogen and oxygen atoms in total. The van der Waals surface area contributed by atoms with Gasteiger partial charge in [-0.05, 0) is 25.6 Å². The zero-order chi connectivity index (χ0) is 11.5. The van der Waals surface area contributed by atoms with Gasteiger partial charge in [0.25, 0.3) is 5.78 Å². The van der Waals surface area contributed by atoms with Crippen LogP contribution in [0, 0.1) is 4.77 Å². The topological polar surface area (TPSA) is 70.9 Å². The van der Waals surface area contributed by atoms with Crippen molar-refractivity contribution in [3.05, 3.63) is 10.6 Å². The van der Waals surface area contributed by atoms with E-state index in [0.29, 0.717) is 16.5 Å². The monoisotopic (exact) mass is 238 g/mol. The summed E-state index contributed by atoms with van der Waals surface area (Å²) in [5, 5.41) is 9.87. The van der Waals surface area contributed by atoms with Crippen molar-refractivity contribution in [3.63, 3.8) is 0 Å². The maximum Gasteiger partial charge on any atom is 0.258 e. The van der Waals surface area contributed by atoms with E-state index in [2.05, 4.69) is 32.4 Å². The minimum Gasteiger partial charge on any atom is -0.354 e. The van der Waals surface area contributed by atoms with Crippen LogP contribution in [0.1, 0.15) is 26.1 Å². The minimum absolute atomic E-state index is 0.543. The highest BCUT2D eigenvalue weighted by Gasteiger charge is 2.08. The molecule has 0 radical (unpaired) electrons. The van der Waals surface area contributed by atoms with Crippen molar-refractivity contribution < 1.29 is 0 Å². The van der Waals surface area contributed by atoms with Crippen LogP contribution in [0.2, 0.25) is 0 Å². The first-order chi connectivity index (χ1) is 7.76. The second kappa shape index (κ2) is 4.56.